The Balaban J connectivity index is 2.23. The minimum Gasteiger partial charge on any atom is -0.506 e. The van der Waals surface area contributed by atoms with E-state index in [1.165, 1.54) is 18.2 Å². The fourth-order valence-corrected chi connectivity index (χ4v) is 3.96. The Bertz CT molecular complexity index is 1210. The molecule has 0 spiro atoms. The van der Waals surface area contributed by atoms with Crippen LogP contribution in [0.2, 0.25) is 0 Å². The topological polar surface area (TPSA) is 112 Å². The Morgan fingerprint density at radius 1 is 0.424 bits per heavy atom. The van der Waals surface area contributed by atoms with Gasteiger partial charge in [-0.1, -0.05) is 72.8 Å². The van der Waals surface area contributed by atoms with Crippen LogP contribution in [0, 0.1) is 0 Å². The van der Waals surface area contributed by atoms with Crippen molar-refractivity contribution in [3.8, 4) is 50.6 Å². The van der Waals surface area contributed by atoms with E-state index in [0.717, 1.165) is 0 Å². The molecule has 0 saturated heterocycles. The molecule has 3 N–H and O–H groups in total. The second-order valence-electron chi connectivity index (χ2n) is 7.29. The fraction of sp³-hybridized carbons (Fsp3) is 0. The van der Waals surface area contributed by atoms with Gasteiger partial charge in [0.1, 0.15) is 17.2 Å². The Labute approximate surface area is 189 Å². The van der Waals surface area contributed by atoms with Crippen molar-refractivity contribution in [2.45, 2.75) is 0 Å². The molecule has 0 aliphatic carbocycles. The number of phenols is 3. The summed E-state index contributed by atoms with van der Waals surface area (Å²) in [6, 6.07) is 19.0. The summed E-state index contributed by atoms with van der Waals surface area (Å²) in [7, 11) is 0. The Morgan fingerprint density at radius 2 is 0.667 bits per heavy atom. The molecule has 33 heavy (non-hydrogen) atoms. The SMILES string of the molecule is O=Cc1ccccc1-c1c(O)c(-c2ccccc2C=O)c(O)c(-c2ccccc2C=O)c1O. The lowest BCUT2D eigenvalue weighted by Gasteiger charge is -2.21. The second-order valence-corrected chi connectivity index (χ2v) is 7.29. The lowest BCUT2D eigenvalue weighted by molar-refractivity contribution is 0.111. The van der Waals surface area contributed by atoms with Gasteiger partial charge in [-0.05, 0) is 16.7 Å². The maximum Gasteiger partial charge on any atom is 0.150 e. The summed E-state index contributed by atoms with van der Waals surface area (Å²) in [5.41, 5.74) is 0.909. The van der Waals surface area contributed by atoms with Crippen LogP contribution < -0.4 is 0 Å². The smallest absolute Gasteiger partial charge is 0.150 e. The minimum atomic E-state index is -0.513. The Hall–Kier alpha value is -4.71. The number of aldehydes is 3. The van der Waals surface area contributed by atoms with E-state index in [1.54, 1.807) is 54.6 Å². The number of hydrogen-bond donors (Lipinski definition) is 3. The number of rotatable bonds is 6. The van der Waals surface area contributed by atoms with Crippen LogP contribution in [0.25, 0.3) is 33.4 Å². The largest absolute Gasteiger partial charge is 0.506 e. The minimum absolute atomic E-state index is 0.109. The predicted molar refractivity (Wildman–Crippen MR) is 124 cm³/mol. The third-order valence-electron chi connectivity index (χ3n) is 5.49. The van der Waals surface area contributed by atoms with Crippen molar-refractivity contribution in [3.63, 3.8) is 0 Å². The maximum absolute atomic E-state index is 11.7. The van der Waals surface area contributed by atoms with Crippen LogP contribution >= 0.6 is 0 Å². The van der Waals surface area contributed by atoms with Crippen LogP contribution in [0.5, 0.6) is 17.2 Å². The van der Waals surface area contributed by atoms with Crippen molar-refractivity contribution in [1.29, 1.82) is 0 Å². The molecular weight excluding hydrogens is 420 g/mol. The van der Waals surface area contributed by atoms with Crippen molar-refractivity contribution in [3.05, 3.63) is 89.5 Å². The first kappa shape index (κ1) is 21.5. The van der Waals surface area contributed by atoms with Gasteiger partial charge in [-0.2, -0.15) is 0 Å². The molecular formula is C27H18O6. The lowest BCUT2D eigenvalue weighted by atomic mass is 9.86. The molecule has 4 rings (SSSR count). The zero-order valence-electron chi connectivity index (χ0n) is 17.2. The van der Waals surface area contributed by atoms with Crippen molar-refractivity contribution in [2.75, 3.05) is 0 Å². The van der Waals surface area contributed by atoms with E-state index in [-0.39, 0.29) is 50.1 Å². The predicted octanol–water partition coefficient (Wildman–Crippen LogP) is 5.24. The molecule has 0 bridgehead atoms. The normalized spacial score (nSPS) is 10.5. The molecule has 0 atom stereocenters. The number of hydrogen-bond acceptors (Lipinski definition) is 6. The van der Waals surface area contributed by atoms with Gasteiger partial charge in [0.15, 0.2) is 18.9 Å². The third kappa shape index (κ3) is 3.53. The van der Waals surface area contributed by atoms with Gasteiger partial charge in [0, 0.05) is 16.7 Å². The molecule has 6 heteroatoms. The highest BCUT2D eigenvalue weighted by Gasteiger charge is 2.29. The first-order valence-electron chi connectivity index (χ1n) is 9.98. The van der Waals surface area contributed by atoms with E-state index >= 15 is 0 Å². The van der Waals surface area contributed by atoms with E-state index in [4.69, 9.17) is 0 Å². The molecule has 0 saturated carbocycles. The Morgan fingerprint density at radius 3 is 0.909 bits per heavy atom. The monoisotopic (exact) mass is 438 g/mol. The summed E-state index contributed by atoms with van der Waals surface area (Å²) in [5, 5.41) is 33.8. The first-order chi connectivity index (χ1) is 16.0. The number of aromatic hydroxyl groups is 3. The van der Waals surface area contributed by atoms with Crippen LogP contribution in [-0.4, -0.2) is 34.2 Å². The number of carbonyl (C=O) groups is 3. The maximum atomic E-state index is 11.7. The van der Waals surface area contributed by atoms with E-state index in [9.17, 15) is 29.7 Å². The van der Waals surface area contributed by atoms with Crippen LogP contribution in [0.3, 0.4) is 0 Å². The van der Waals surface area contributed by atoms with E-state index in [2.05, 4.69) is 0 Å². The van der Waals surface area contributed by atoms with Crippen molar-refractivity contribution >= 4 is 18.9 Å². The average molecular weight is 438 g/mol. The van der Waals surface area contributed by atoms with Gasteiger partial charge in [-0.15, -0.1) is 0 Å². The van der Waals surface area contributed by atoms with Gasteiger partial charge in [-0.25, -0.2) is 0 Å². The van der Waals surface area contributed by atoms with E-state index in [0.29, 0.717) is 18.9 Å². The standard InChI is InChI=1S/C27H18O6/c28-13-16-7-1-4-10-19(16)22-25(31)23(20-11-5-2-8-17(20)14-29)27(33)24(26(22)32)21-12-6-3-9-18(21)15-30/h1-15,31-33H. The number of phenolic OH excluding ortho intramolecular Hbond substituents is 3. The quantitative estimate of drug-likeness (QED) is 0.355. The van der Waals surface area contributed by atoms with Crippen molar-refractivity contribution < 1.29 is 29.7 Å². The van der Waals surface area contributed by atoms with E-state index < -0.39 is 17.2 Å². The first-order valence-corrected chi connectivity index (χ1v) is 9.98. The molecule has 4 aromatic rings. The molecule has 0 unspecified atom stereocenters. The zero-order valence-corrected chi connectivity index (χ0v) is 17.2. The highest BCUT2D eigenvalue weighted by Crippen LogP contribution is 2.56. The molecule has 0 amide bonds. The van der Waals surface area contributed by atoms with Crippen LogP contribution in [0.15, 0.2) is 72.8 Å². The summed E-state index contributed by atoms with van der Waals surface area (Å²) in [6.07, 6.45) is 1.75. The zero-order chi connectivity index (χ0) is 23.5. The summed E-state index contributed by atoms with van der Waals surface area (Å²) >= 11 is 0. The van der Waals surface area contributed by atoms with Gasteiger partial charge in [0.05, 0.1) is 16.7 Å². The van der Waals surface area contributed by atoms with Crippen molar-refractivity contribution in [1.82, 2.24) is 0 Å². The van der Waals surface area contributed by atoms with Crippen molar-refractivity contribution in [2.24, 2.45) is 0 Å². The summed E-state index contributed by atoms with van der Waals surface area (Å²) in [5.74, 6) is -1.54. The second kappa shape index (κ2) is 8.80. The number of benzene rings is 4. The summed E-state index contributed by atoms with van der Waals surface area (Å²) in [4.78, 5) is 35.1. The molecule has 0 heterocycles. The van der Waals surface area contributed by atoms with Gasteiger partial charge in [0.2, 0.25) is 0 Å². The van der Waals surface area contributed by atoms with Gasteiger partial charge in [-0.3, -0.25) is 14.4 Å². The fourth-order valence-electron chi connectivity index (χ4n) is 3.96. The van der Waals surface area contributed by atoms with Gasteiger partial charge < -0.3 is 15.3 Å². The van der Waals surface area contributed by atoms with Crippen LogP contribution in [0.4, 0.5) is 0 Å². The summed E-state index contributed by atoms with van der Waals surface area (Å²) in [6.45, 7) is 0. The molecule has 0 aromatic heterocycles. The number of carbonyl (C=O) groups excluding carboxylic acids is 3. The average Bonchev–Trinajstić information content (AvgIpc) is 2.85. The molecule has 0 fully saturated rings. The molecule has 162 valence electrons. The van der Waals surface area contributed by atoms with Crippen LogP contribution in [-0.2, 0) is 0 Å². The molecule has 0 radical (unpaired) electrons. The molecule has 4 aromatic carbocycles. The van der Waals surface area contributed by atoms with E-state index in [1.807, 2.05) is 0 Å². The molecule has 6 nitrogen and oxygen atoms in total. The molecule has 0 aliphatic rings. The van der Waals surface area contributed by atoms with Gasteiger partial charge in [0.25, 0.3) is 0 Å². The molecule has 0 aliphatic heterocycles. The summed E-state index contributed by atoms with van der Waals surface area (Å²) < 4.78 is 0. The highest BCUT2D eigenvalue weighted by molar-refractivity contribution is 6.05. The third-order valence-corrected chi connectivity index (χ3v) is 5.49. The van der Waals surface area contributed by atoms with Crippen LogP contribution in [0.1, 0.15) is 31.1 Å². The lowest BCUT2D eigenvalue weighted by Crippen LogP contribution is -1.97. The Kier molecular flexibility index (Phi) is 5.74. The highest BCUT2D eigenvalue weighted by atomic mass is 16.3. The van der Waals surface area contributed by atoms with Gasteiger partial charge >= 0.3 is 0 Å².